The Labute approximate surface area is 143 Å². The molecule has 4 amide bonds. The summed E-state index contributed by atoms with van der Waals surface area (Å²) in [6, 6.07) is 6.44. The Balaban J connectivity index is 1.73. The lowest BCUT2D eigenvalue weighted by atomic mass is 10.0. The van der Waals surface area contributed by atoms with Crippen molar-refractivity contribution in [2.45, 2.75) is 19.4 Å². The van der Waals surface area contributed by atoms with Crippen molar-refractivity contribution in [2.24, 2.45) is 7.05 Å². The molecule has 0 bridgehead atoms. The molecule has 0 unspecified atom stereocenters. The minimum absolute atomic E-state index is 0.236. The highest BCUT2D eigenvalue weighted by molar-refractivity contribution is 6.08. The van der Waals surface area contributed by atoms with Crippen molar-refractivity contribution >= 4 is 23.5 Å². The number of aryl methyl sites for hydroxylation is 1. The van der Waals surface area contributed by atoms with Gasteiger partial charge in [0, 0.05) is 18.3 Å². The summed E-state index contributed by atoms with van der Waals surface area (Å²) in [6.45, 7) is 2.94. The van der Waals surface area contributed by atoms with Crippen molar-refractivity contribution < 1.29 is 14.4 Å². The van der Waals surface area contributed by atoms with Crippen LogP contribution in [0.4, 0.5) is 10.5 Å². The predicted molar refractivity (Wildman–Crippen MR) is 87.2 cm³/mol. The Morgan fingerprint density at radius 3 is 2.68 bits per heavy atom. The molecule has 0 radical (unpaired) electrons. The first-order valence-electron chi connectivity index (χ1n) is 7.55. The molecule has 1 aromatic carbocycles. The number of anilines is 1. The molecule has 0 spiro atoms. The van der Waals surface area contributed by atoms with Gasteiger partial charge in [-0.25, -0.2) is 9.48 Å². The van der Waals surface area contributed by atoms with Crippen molar-refractivity contribution in [3.8, 4) is 11.4 Å². The lowest BCUT2D eigenvalue weighted by Crippen LogP contribution is -2.47. The van der Waals surface area contributed by atoms with Crippen LogP contribution in [0, 0.1) is 0 Å². The molecule has 25 heavy (non-hydrogen) atoms. The molecular formula is C15H17N7O3. The van der Waals surface area contributed by atoms with Crippen LogP contribution in [0.15, 0.2) is 24.3 Å². The Kier molecular flexibility index (Phi) is 3.95. The van der Waals surface area contributed by atoms with E-state index in [4.69, 9.17) is 0 Å². The number of tetrazole rings is 1. The molecule has 2 N–H and O–H groups in total. The second-order valence-corrected chi connectivity index (χ2v) is 6.16. The average Bonchev–Trinajstić information content (AvgIpc) is 3.05. The van der Waals surface area contributed by atoms with Crippen molar-refractivity contribution in [3.63, 3.8) is 0 Å². The number of hydrogen-bond acceptors (Lipinski definition) is 6. The molecule has 10 nitrogen and oxygen atoms in total. The number of aromatic nitrogens is 4. The molecule has 130 valence electrons. The molecule has 1 fully saturated rings. The minimum atomic E-state index is -1.07. The Morgan fingerprint density at radius 2 is 2.08 bits per heavy atom. The highest BCUT2D eigenvalue weighted by Crippen LogP contribution is 2.22. The summed E-state index contributed by atoms with van der Waals surface area (Å²) in [5.74, 6) is -0.282. The molecular weight excluding hydrogens is 326 g/mol. The zero-order valence-corrected chi connectivity index (χ0v) is 14.0. The lowest BCUT2D eigenvalue weighted by Gasteiger charge is -2.27. The summed E-state index contributed by atoms with van der Waals surface area (Å²) in [4.78, 5) is 37.0. The van der Waals surface area contributed by atoms with Crippen molar-refractivity contribution in [2.75, 3.05) is 11.9 Å². The van der Waals surface area contributed by atoms with Gasteiger partial charge in [-0.1, -0.05) is 12.1 Å². The van der Waals surface area contributed by atoms with Gasteiger partial charge in [0.1, 0.15) is 12.1 Å². The van der Waals surface area contributed by atoms with Crippen molar-refractivity contribution in [1.29, 1.82) is 0 Å². The molecule has 0 aliphatic carbocycles. The summed E-state index contributed by atoms with van der Waals surface area (Å²) < 4.78 is 1.52. The first-order valence-corrected chi connectivity index (χ1v) is 7.55. The van der Waals surface area contributed by atoms with E-state index in [0.717, 1.165) is 5.56 Å². The van der Waals surface area contributed by atoms with E-state index in [0.29, 0.717) is 11.5 Å². The van der Waals surface area contributed by atoms with Gasteiger partial charge in [0.25, 0.3) is 5.91 Å². The van der Waals surface area contributed by atoms with Crippen LogP contribution in [0.2, 0.25) is 0 Å². The maximum absolute atomic E-state index is 12.3. The number of imide groups is 1. The smallest absolute Gasteiger partial charge is 0.325 e. The molecule has 0 atom stereocenters. The first-order chi connectivity index (χ1) is 11.8. The summed E-state index contributed by atoms with van der Waals surface area (Å²) in [5.41, 5.74) is 0.203. The largest absolute Gasteiger partial charge is 0.325 e. The molecule has 1 saturated heterocycles. The van der Waals surface area contributed by atoms with E-state index < -0.39 is 23.4 Å². The molecule has 2 heterocycles. The van der Waals surface area contributed by atoms with Gasteiger partial charge >= 0.3 is 6.03 Å². The van der Waals surface area contributed by atoms with Crippen molar-refractivity contribution in [1.82, 2.24) is 30.4 Å². The highest BCUT2D eigenvalue weighted by atomic mass is 16.2. The van der Waals surface area contributed by atoms with Gasteiger partial charge in [0.05, 0.1) is 0 Å². The molecule has 0 saturated carbocycles. The third-order valence-electron chi connectivity index (χ3n) is 4.02. The number of urea groups is 1. The summed E-state index contributed by atoms with van der Waals surface area (Å²) in [7, 11) is 1.71. The number of carbonyl (C=O) groups is 3. The highest BCUT2D eigenvalue weighted by Gasteiger charge is 2.46. The molecule has 10 heteroatoms. The van der Waals surface area contributed by atoms with E-state index >= 15 is 0 Å². The zero-order valence-electron chi connectivity index (χ0n) is 14.0. The van der Waals surface area contributed by atoms with Gasteiger partial charge in [-0.3, -0.25) is 14.9 Å². The number of rotatable bonds is 4. The van der Waals surface area contributed by atoms with E-state index in [1.807, 2.05) is 6.07 Å². The van der Waals surface area contributed by atoms with Crippen LogP contribution in [-0.2, 0) is 16.6 Å². The van der Waals surface area contributed by atoms with E-state index in [9.17, 15) is 14.4 Å². The molecule has 1 aliphatic rings. The molecule has 1 aromatic heterocycles. The third-order valence-corrected chi connectivity index (χ3v) is 4.02. The SMILES string of the molecule is Cn1nnnc1-c1cccc(NC(=O)CN2C(=O)NC(=O)C2(C)C)c1. The van der Waals surface area contributed by atoms with Crippen LogP contribution in [0.25, 0.3) is 11.4 Å². The fourth-order valence-electron chi connectivity index (χ4n) is 2.52. The number of amides is 4. The molecule has 3 rings (SSSR count). The van der Waals surface area contributed by atoms with Gasteiger partial charge in [-0.05, 0) is 36.4 Å². The number of nitrogens with zero attached hydrogens (tertiary/aromatic N) is 5. The van der Waals surface area contributed by atoms with E-state index in [2.05, 4.69) is 26.2 Å². The van der Waals surface area contributed by atoms with Crippen LogP contribution in [-0.4, -0.2) is 55.0 Å². The minimum Gasteiger partial charge on any atom is -0.325 e. The maximum Gasteiger partial charge on any atom is 0.325 e. The van der Waals surface area contributed by atoms with E-state index in [1.165, 1.54) is 9.58 Å². The first kappa shape index (κ1) is 16.6. The Morgan fingerprint density at radius 1 is 1.32 bits per heavy atom. The summed E-state index contributed by atoms with van der Waals surface area (Å²) in [6.07, 6.45) is 0. The number of benzene rings is 1. The number of nitrogens with one attached hydrogen (secondary N) is 2. The van der Waals surface area contributed by atoms with Crippen LogP contribution >= 0.6 is 0 Å². The second kappa shape index (κ2) is 5.96. The number of carbonyl (C=O) groups excluding carboxylic acids is 3. The fourth-order valence-corrected chi connectivity index (χ4v) is 2.52. The second-order valence-electron chi connectivity index (χ2n) is 6.16. The number of hydrogen-bond donors (Lipinski definition) is 2. The monoisotopic (exact) mass is 343 g/mol. The summed E-state index contributed by atoms with van der Waals surface area (Å²) >= 11 is 0. The lowest BCUT2D eigenvalue weighted by molar-refractivity contribution is -0.126. The predicted octanol–water partition coefficient (Wildman–Crippen LogP) is 0.146. The fraction of sp³-hybridized carbons (Fsp3) is 0.333. The zero-order chi connectivity index (χ0) is 18.2. The van der Waals surface area contributed by atoms with E-state index in [1.54, 1.807) is 39.1 Å². The van der Waals surface area contributed by atoms with Crippen LogP contribution < -0.4 is 10.6 Å². The van der Waals surface area contributed by atoms with Gasteiger partial charge in [0.15, 0.2) is 5.82 Å². The average molecular weight is 343 g/mol. The van der Waals surface area contributed by atoms with Crippen molar-refractivity contribution in [3.05, 3.63) is 24.3 Å². The summed E-state index contributed by atoms with van der Waals surface area (Å²) in [5, 5.41) is 16.2. The third kappa shape index (κ3) is 3.05. The van der Waals surface area contributed by atoms with Gasteiger partial charge in [-0.2, -0.15) is 0 Å². The normalized spacial score (nSPS) is 16.0. The van der Waals surface area contributed by atoms with Gasteiger partial charge < -0.3 is 10.2 Å². The standard InChI is InChI=1S/C15H17N7O3/c1-15(2)13(24)17-14(25)22(15)8-11(23)16-10-6-4-5-9(7-10)12-18-19-20-21(12)3/h4-7H,8H2,1-3H3,(H,16,23)(H,17,24,25). The van der Waals surface area contributed by atoms with Crippen LogP contribution in [0.5, 0.6) is 0 Å². The maximum atomic E-state index is 12.3. The van der Waals surface area contributed by atoms with E-state index in [-0.39, 0.29) is 6.54 Å². The van der Waals surface area contributed by atoms with Crippen LogP contribution in [0.3, 0.4) is 0 Å². The van der Waals surface area contributed by atoms with Crippen LogP contribution in [0.1, 0.15) is 13.8 Å². The quantitative estimate of drug-likeness (QED) is 0.762. The molecule has 1 aliphatic heterocycles. The Bertz CT molecular complexity index is 858. The van der Waals surface area contributed by atoms with Gasteiger partial charge in [0.2, 0.25) is 5.91 Å². The molecule has 2 aromatic rings. The topological polar surface area (TPSA) is 122 Å². The Hall–Kier alpha value is -3.30. The van der Waals surface area contributed by atoms with Gasteiger partial charge in [-0.15, -0.1) is 5.10 Å².